The summed E-state index contributed by atoms with van der Waals surface area (Å²) in [6.07, 6.45) is 3.87. The number of rotatable bonds is 2. The summed E-state index contributed by atoms with van der Waals surface area (Å²) in [6, 6.07) is 6.31. The molecule has 2 heterocycles. The Hall–Kier alpha value is -1.28. The molecule has 0 amide bonds. The normalized spacial score (nSPS) is 10.2. The lowest BCUT2D eigenvalue weighted by Crippen LogP contribution is -1.86. The molecule has 2 aromatic rings. The summed E-state index contributed by atoms with van der Waals surface area (Å²) in [6.45, 7) is 5.90. The van der Waals surface area contributed by atoms with E-state index in [2.05, 4.69) is 41.6 Å². The minimum absolute atomic E-state index is 1.25. The van der Waals surface area contributed by atoms with Crippen molar-refractivity contribution in [3.05, 3.63) is 41.9 Å². The van der Waals surface area contributed by atoms with Gasteiger partial charge in [0.1, 0.15) is 0 Å². The van der Waals surface area contributed by atoms with E-state index < -0.39 is 0 Å². The molecule has 0 unspecified atom stereocenters. The molecule has 2 aromatic heterocycles. The number of aryl methyl sites for hydroxylation is 1. The van der Waals surface area contributed by atoms with Gasteiger partial charge in [-0.2, -0.15) is 0 Å². The van der Waals surface area contributed by atoms with Gasteiger partial charge in [0, 0.05) is 12.4 Å². The molecule has 0 aliphatic rings. The molecule has 0 saturated carbocycles. The van der Waals surface area contributed by atoms with Crippen molar-refractivity contribution in [3.63, 3.8) is 0 Å². The Labute approximate surface area is 82.0 Å². The van der Waals surface area contributed by atoms with Gasteiger partial charge in [0.25, 0.3) is 0 Å². The van der Waals surface area contributed by atoms with E-state index in [9.17, 15) is 0 Å². The van der Waals surface area contributed by atoms with Gasteiger partial charge in [0.2, 0.25) is 0 Å². The van der Waals surface area contributed by atoms with Crippen LogP contribution in [0.5, 0.6) is 0 Å². The van der Waals surface area contributed by atoms with E-state index >= 15 is 0 Å². The number of hydrogen-bond donors (Lipinski definition) is 0. The van der Waals surface area contributed by atoms with Crippen molar-refractivity contribution in [2.24, 2.45) is 0 Å². The SMILES string of the molecule is C=Cn1ccc(C)c1-c1cccs1. The lowest BCUT2D eigenvalue weighted by Gasteiger charge is -2.01. The second kappa shape index (κ2) is 3.23. The summed E-state index contributed by atoms with van der Waals surface area (Å²) in [5.41, 5.74) is 2.55. The van der Waals surface area contributed by atoms with Crippen LogP contribution in [0.4, 0.5) is 0 Å². The van der Waals surface area contributed by atoms with E-state index in [0.717, 1.165) is 0 Å². The molecule has 13 heavy (non-hydrogen) atoms. The highest BCUT2D eigenvalue weighted by molar-refractivity contribution is 7.13. The fourth-order valence-corrected chi connectivity index (χ4v) is 2.28. The molecule has 1 nitrogen and oxygen atoms in total. The molecule has 2 heteroatoms. The summed E-state index contributed by atoms with van der Waals surface area (Å²) < 4.78 is 2.06. The second-order valence-electron chi connectivity index (χ2n) is 2.91. The van der Waals surface area contributed by atoms with Crippen molar-refractivity contribution >= 4 is 17.5 Å². The van der Waals surface area contributed by atoms with Gasteiger partial charge in [0.05, 0.1) is 10.6 Å². The minimum atomic E-state index is 1.25. The molecule has 0 fully saturated rings. The largest absolute Gasteiger partial charge is 0.323 e. The summed E-state index contributed by atoms with van der Waals surface area (Å²) in [5, 5.41) is 2.09. The third-order valence-electron chi connectivity index (χ3n) is 2.07. The highest BCUT2D eigenvalue weighted by atomic mass is 32.1. The molecule has 0 aliphatic heterocycles. The van der Waals surface area contributed by atoms with Crippen LogP contribution in [-0.2, 0) is 0 Å². The van der Waals surface area contributed by atoms with E-state index in [1.54, 1.807) is 11.3 Å². The highest BCUT2D eigenvalue weighted by Crippen LogP contribution is 2.28. The van der Waals surface area contributed by atoms with E-state index in [0.29, 0.717) is 0 Å². The molecule has 0 saturated heterocycles. The lowest BCUT2D eigenvalue weighted by atomic mass is 10.2. The standard InChI is InChI=1S/C11H11NS/c1-3-12-7-6-9(2)11(12)10-5-4-8-13-10/h3-8H,1H2,2H3. The molecule has 2 rings (SSSR count). The Morgan fingerprint density at radius 1 is 1.46 bits per heavy atom. The van der Waals surface area contributed by atoms with Crippen LogP contribution in [0.3, 0.4) is 0 Å². The number of nitrogens with zero attached hydrogens (tertiary/aromatic N) is 1. The first kappa shape index (κ1) is 8.32. The van der Waals surface area contributed by atoms with E-state index in [4.69, 9.17) is 0 Å². The topological polar surface area (TPSA) is 4.93 Å². The van der Waals surface area contributed by atoms with E-state index in [-0.39, 0.29) is 0 Å². The van der Waals surface area contributed by atoms with Crippen molar-refractivity contribution in [2.45, 2.75) is 6.92 Å². The summed E-state index contributed by atoms with van der Waals surface area (Å²) in [5.74, 6) is 0. The Kier molecular flexibility index (Phi) is 2.07. The highest BCUT2D eigenvalue weighted by Gasteiger charge is 2.06. The minimum Gasteiger partial charge on any atom is -0.323 e. The molecule has 0 bridgehead atoms. The smallest absolute Gasteiger partial charge is 0.0652 e. The van der Waals surface area contributed by atoms with Crippen molar-refractivity contribution in [3.8, 4) is 10.6 Å². The van der Waals surface area contributed by atoms with Gasteiger partial charge in [-0.3, -0.25) is 0 Å². The van der Waals surface area contributed by atoms with Crippen LogP contribution >= 0.6 is 11.3 Å². The molecular weight excluding hydrogens is 178 g/mol. The van der Waals surface area contributed by atoms with Crippen LogP contribution in [0.1, 0.15) is 5.56 Å². The monoisotopic (exact) mass is 189 g/mol. The summed E-state index contributed by atoms with van der Waals surface area (Å²) in [7, 11) is 0. The van der Waals surface area contributed by atoms with Crippen molar-refractivity contribution in [1.82, 2.24) is 4.57 Å². The lowest BCUT2D eigenvalue weighted by molar-refractivity contribution is 1.18. The van der Waals surface area contributed by atoms with Crippen LogP contribution in [0.25, 0.3) is 16.8 Å². The zero-order chi connectivity index (χ0) is 9.26. The zero-order valence-electron chi connectivity index (χ0n) is 7.53. The predicted octanol–water partition coefficient (Wildman–Crippen LogP) is 3.63. The van der Waals surface area contributed by atoms with Crippen LogP contribution in [0, 0.1) is 6.92 Å². The van der Waals surface area contributed by atoms with E-state index in [1.165, 1.54) is 16.1 Å². The van der Waals surface area contributed by atoms with Crippen LogP contribution in [-0.4, -0.2) is 4.57 Å². The molecule has 0 aromatic carbocycles. The molecule has 0 spiro atoms. The Balaban J connectivity index is 2.62. The fraction of sp³-hybridized carbons (Fsp3) is 0.0909. The summed E-state index contributed by atoms with van der Waals surface area (Å²) >= 11 is 1.76. The Morgan fingerprint density at radius 3 is 2.92 bits per heavy atom. The van der Waals surface area contributed by atoms with Crippen LogP contribution < -0.4 is 0 Å². The first-order valence-electron chi connectivity index (χ1n) is 4.17. The Bertz CT molecular complexity index is 409. The maximum atomic E-state index is 3.78. The third-order valence-corrected chi connectivity index (χ3v) is 2.94. The van der Waals surface area contributed by atoms with Gasteiger partial charge < -0.3 is 4.57 Å². The van der Waals surface area contributed by atoms with Crippen LogP contribution in [0.15, 0.2) is 36.4 Å². The average Bonchev–Trinajstić information content (AvgIpc) is 2.72. The maximum Gasteiger partial charge on any atom is 0.0652 e. The van der Waals surface area contributed by atoms with E-state index in [1.807, 2.05) is 12.4 Å². The summed E-state index contributed by atoms with van der Waals surface area (Å²) in [4.78, 5) is 1.29. The Morgan fingerprint density at radius 2 is 2.31 bits per heavy atom. The molecule has 0 N–H and O–H groups in total. The van der Waals surface area contributed by atoms with Crippen molar-refractivity contribution in [2.75, 3.05) is 0 Å². The third kappa shape index (κ3) is 1.33. The van der Waals surface area contributed by atoms with Gasteiger partial charge in [0.15, 0.2) is 0 Å². The van der Waals surface area contributed by atoms with Gasteiger partial charge in [-0.05, 0) is 30.0 Å². The second-order valence-corrected chi connectivity index (χ2v) is 3.86. The van der Waals surface area contributed by atoms with Gasteiger partial charge >= 0.3 is 0 Å². The average molecular weight is 189 g/mol. The maximum absolute atomic E-state index is 3.78. The quantitative estimate of drug-likeness (QED) is 0.680. The zero-order valence-corrected chi connectivity index (χ0v) is 8.34. The van der Waals surface area contributed by atoms with Gasteiger partial charge in [-0.25, -0.2) is 0 Å². The first-order chi connectivity index (χ1) is 6.33. The number of aromatic nitrogens is 1. The molecule has 66 valence electrons. The first-order valence-corrected chi connectivity index (χ1v) is 5.05. The molecule has 0 aliphatic carbocycles. The predicted molar refractivity (Wildman–Crippen MR) is 58.9 cm³/mol. The molecule has 0 radical (unpaired) electrons. The molecular formula is C11H11NS. The molecule has 0 atom stereocenters. The number of hydrogen-bond acceptors (Lipinski definition) is 1. The van der Waals surface area contributed by atoms with Crippen LogP contribution in [0.2, 0.25) is 0 Å². The van der Waals surface area contributed by atoms with Gasteiger partial charge in [-0.1, -0.05) is 12.6 Å². The van der Waals surface area contributed by atoms with Crippen molar-refractivity contribution in [1.29, 1.82) is 0 Å². The van der Waals surface area contributed by atoms with Gasteiger partial charge in [-0.15, -0.1) is 11.3 Å². The van der Waals surface area contributed by atoms with Crippen molar-refractivity contribution < 1.29 is 0 Å². The fourth-order valence-electron chi connectivity index (χ4n) is 1.44. The number of thiophene rings is 1.